The molecule has 0 aliphatic rings. The van der Waals surface area contributed by atoms with Crippen molar-refractivity contribution in [1.82, 2.24) is 52.5 Å². The van der Waals surface area contributed by atoms with Crippen LogP contribution in [0.15, 0.2) is 17.5 Å². The molecule has 1 aromatic heterocycles. The van der Waals surface area contributed by atoms with Crippen LogP contribution in [0.1, 0.15) is 139 Å². The molecule has 76 heavy (non-hydrogen) atoms. The van der Waals surface area contributed by atoms with E-state index in [1.54, 1.807) is 34.6 Å². The fourth-order valence-corrected chi connectivity index (χ4v) is 7.85. The maximum Gasteiger partial charge on any atom is 0.243 e. The van der Waals surface area contributed by atoms with E-state index in [4.69, 9.17) is 28.7 Å². The van der Waals surface area contributed by atoms with Crippen LogP contribution in [-0.2, 0) is 54.4 Å². The number of aliphatic imine (C=N–C) groups is 1. The summed E-state index contributed by atoms with van der Waals surface area (Å²) in [6.07, 6.45) is 5.25. The number of guanidine groups is 1. The van der Waals surface area contributed by atoms with Crippen LogP contribution < -0.4 is 71.2 Å². The molecule has 0 fully saturated rings. The molecule has 0 spiro atoms. The predicted molar refractivity (Wildman–Crippen MR) is 287 cm³/mol. The number of aromatic amines is 1. The lowest BCUT2D eigenvalue weighted by Crippen LogP contribution is -2.61. The van der Waals surface area contributed by atoms with Crippen molar-refractivity contribution in [3.63, 3.8) is 0 Å². The molecule has 19 N–H and O–H groups in total. The Morgan fingerprint density at radius 1 is 0.592 bits per heavy atom. The number of imidazole rings is 1. The number of hydrogen-bond donors (Lipinski definition) is 14. The second-order valence-electron chi connectivity index (χ2n) is 20.7. The quantitative estimate of drug-likeness (QED) is 0.0148. The number of aromatic nitrogens is 2. The summed E-state index contributed by atoms with van der Waals surface area (Å²) in [6, 6.07) is -10.6. The van der Waals surface area contributed by atoms with Gasteiger partial charge >= 0.3 is 0 Å². The monoisotopic (exact) mass is 1070 g/mol. The minimum absolute atomic E-state index is 0.0552. The second kappa shape index (κ2) is 35.5. The number of amides is 9. The van der Waals surface area contributed by atoms with E-state index < -0.39 is 108 Å². The van der Waals surface area contributed by atoms with E-state index in [2.05, 4.69) is 57.5 Å². The molecule has 0 aromatic carbocycles. The van der Waals surface area contributed by atoms with Gasteiger partial charge in [0.2, 0.25) is 53.2 Å². The third-order valence-corrected chi connectivity index (χ3v) is 12.2. The Kier molecular flexibility index (Phi) is 31.5. The first kappa shape index (κ1) is 67.3. The first-order valence-corrected chi connectivity index (χ1v) is 26.4. The van der Waals surface area contributed by atoms with Crippen LogP contribution in [0, 0.1) is 23.7 Å². The molecule has 1 aromatic rings. The minimum atomic E-state index is -1.37. The van der Waals surface area contributed by atoms with E-state index in [-0.39, 0.29) is 87.5 Å². The zero-order valence-corrected chi connectivity index (χ0v) is 46.0. The van der Waals surface area contributed by atoms with Crippen LogP contribution >= 0.6 is 0 Å². The number of nitrogens with zero attached hydrogens (tertiary/aromatic N) is 2. The molecule has 26 heteroatoms. The Balaban J connectivity index is 3.62. The van der Waals surface area contributed by atoms with Crippen molar-refractivity contribution in [3.05, 3.63) is 18.2 Å². The largest absolute Gasteiger partial charge is 0.370 e. The predicted octanol–water partition coefficient (Wildman–Crippen LogP) is -1.99. The van der Waals surface area contributed by atoms with Crippen molar-refractivity contribution in [2.45, 2.75) is 194 Å². The van der Waals surface area contributed by atoms with Gasteiger partial charge in [0.25, 0.3) is 0 Å². The molecule has 1 heterocycles. The van der Waals surface area contributed by atoms with Gasteiger partial charge in [-0.15, -0.1) is 0 Å². The van der Waals surface area contributed by atoms with Gasteiger partial charge in [0.15, 0.2) is 5.96 Å². The Labute approximate surface area is 447 Å². The Morgan fingerprint density at radius 2 is 1.05 bits per heavy atom. The number of carbonyl (C=O) groups is 10. The third kappa shape index (κ3) is 26.7. The van der Waals surface area contributed by atoms with Crippen LogP contribution in [0.4, 0.5) is 0 Å². The minimum Gasteiger partial charge on any atom is -0.370 e. The summed E-state index contributed by atoms with van der Waals surface area (Å²) in [5.74, 6) is -7.59. The van der Waals surface area contributed by atoms with Gasteiger partial charge in [-0.05, 0) is 88.5 Å². The molecule has 0 unspecified atom stereocenters. The average Bonchev–Trinajstić information content (AvgIpc) is 3.86. The van der Waals surface area contributed by atoms with Gasteiger partial charge in [-0.2, -0.15) is 0 Å². The summed E-state index contributed by atoms with van der Waals surface area (Å²) in [6.45, 7) is 16.5. The van der Waals surface area contributed by atoms with E-state index in [0.29, 0.717) is 44.2 Å². The van der Waals surface area contributed by atoms with Crippen LogP contribution in [0.3, 0.4) is 0 Å². The molecule has 0 bridgehead atoms. The molecule has 430 valence electrons. The topological polar surface area (TPSA) is 438 Å². The van der Waals surface area contributed by atoms with Gasteiger partial charge < -0.3 is 81.0 Å². The zero-order valence-electron chi connectivity index (χ0n) is 46.0. The zero-order chi connectivity index (χ0) is 57.7. The first-order valence-electron chi connectivity index (χ1n) is 26.4. The fraction of sp³-hybridized carbons (Fsp3) is 0.720. The van der Waals surface area contributed by atoms with Gasteiger partial charge in [-0.25, -0.2) is 4.98 Å². The van der Waals surface area contributed by atoms with Crippen molar-refractivity contribution < 1.29 is 47.9 Å². The van der Waals surface area contributed by atoms with Gasteiger partial charge in [-0.1, -0.05) is 68.2 Å². The lowest BCUT2D eigenvalue weighted by molar-refractivity contribution is -0.136. The third-order valence-electron chi connectivity index (χ3n) is 12.2. The number of nitrogens with one attached hydrogen (secondary N) is 9. The van der Waals surface area contributed by atoms with Crippen LogP contribution in [0.2, 0.25) is 0 Å². The Bertz CT molecular complexity index is 2050. The molecule has 0 aliphatic heterocycles. The lowest BCUT2D eigenvalue weighted by atomic mass is 9.96. The molecule has 0 aliphatic carbocycles. The molecule has 10 atom stereocenters. The SMILES string of the molecule is CC[C@H](C)[C@H](NC(=O)[C@@H](N)CCCCN)C(=O)N[C@@H](CC(C)C)C(=O)N[C@@H](Cc1cnc[nH]1)C(=O)N[C@@H](CCCN=C(N)N)C(=O)N[C@@H](CC(C)C)C(=O)N[C@@H](CC(C)C)C(=O)N[C@@H](CCC(N)=O)C(=O)N[C@@H](C)C=O. The maximum atomic E-state index is 14.5. The summed E-state index contributed by atoms with van der Waals surface area (Å²) in [5, 5.41) is 21.5. The van der Waals surface area contributed by atoms with E-state index in [1.807, 2.05) is 20.8 Å². The smallest absolute Gasteiger partial charge is 0.243 e. The first-order chi connectivity index (χ1) is 35.7. The summed E-state index contributed by atoms with van der Waals surface area (Å²) in [4.78, 5) is 145. The summed E-state index contributed by atoms with van der Waals surface area (Å²) >= 11 is 0. The van der Waals surface area contributed by atoms with Crippen LogP contribution in [-0.4, -0.2) is 143 Å². The number of hydrogen-bond acceptors (Lipinski definition) is 14. The number of rotatable bonds is 38. The normalized spacial score (nSPS) is 15.2. The highest BCUT2D eigenvalue weighted by Gasteiger charge is 2.36. The van der Waals surface area contributed by atoms with Crippen molar-refractivity contribution in [2.24, 2.45) is 57.3 Å². The highest BCUT2D eigenvalue weighted by Crippen LogP contribution is 2.15. The van der Waals surface area contributed by atoms with Crippen molar-refractivity contribution >= 4 is 65.4 Å². The average molecular weight is 1080 g/mol. The van der Waals surface area contributed by atoms with E-state index in [1.165, 1.54) is 19.4 Å². The standard InChI is InChI=1S/C50H90N16O10/c1-10-30(8)41(66-42(69)33(52)14-11-12-18-51)49(76)65-38(22-29(6)7)47(74)64-39(23-32-24-56-26-58-32)48(75)60-34(15-13-19-57-50(54)55)44(71)62-37(21-28(4)5)46(73)63-36(20-27(2)3)45(72)61-35(16-17-40(53)68)43(70)59-31(9)25-67/h24-31,33-39,41H,10-23,51-52H2,1-9H3,(H2,53,68)(H,56,58)(H,59,70)(H,60,75)(H,61,72)(H,62,71)(H,63,73)(H,64,74)(H,65,76)(H,66,69)(H4,54,55,57)/t30-,31-,33-,34-,35-,36-,37-,38-,39-,41-/m0/s1. The molecule has 9 amide bonds. The summed E-state index contributed by atoms with van der Waals surface area (Å²) in [5.41, 5.74) is 28.6. The number of H-pyrrole nitrogens is 1. The Hall–Kier alpha value is -6.70. The molecule has 1 rings (SSSR count). The molecule has 0 saturated heterocycles. The molecule has 0 radical (unpaired) electrons. The van der Waals surface area contributed by atoms with Gasteiger partial charge in [-0.3, -0.25) is 48.1 Å². The van der Waals surface area contributed by atoms with Crippen molar-refractivity contribution in [1.29, 1.82) is 0 Å². The number of carbonyl (C=O) groups excluding carboxylic acids is 10. The highest BCUT2D eigenvalue weighted by molar-refractivity contribution is 5.98. The number of primary amides is 1. The number of nitrogens with two attached hydrogens (primary N) is 5. The van der Waals surface area contributed by atoms with Gasteiger partial charge in [0, 0.05) is 31.3 Å². The van der Waals surface area contributed by atoms with Gasteiger partial charge in [0.1, 0.15) is 48.6 Å². The number of unbranched alkanes of at least 4 members (excludes halogenated alkanes) is 1. The van der Waals surface area contributed by atoms with Crippen molar-refractivity contribution in [2.75, 3.05) is 13.1 Å². The molecular weight excluding hydrogens is 985 g/mol. The highest BCUT2D eigenvalue weighted by atomic mass is 16.2. The van der Waals surface area contributed by atoms with E-state index >= 15 is 0 Å². The lowest BCUT2D eigenvalue weighted by Gasteiger charge is -2.29. The molecule has 0 saturated carbocycles. The van der Waals surface area contributed by atoms with E-state index in [0.717, 1.165) is 0 Å². The van der Waals surface area contributed by atoms with E-state index in [9.17, 15) is 47.9 Å². The number of aldehydes is 1. The van der Waals surface area contributed by atoms with Crippen LogP contribution in [0.25, 0.3) is 0 Å². The summed E-state index contributed by atoms with van der Waals surface area (Å²) in [7, 11) is 0. The molecular formula is C50H90N16O10. The summed E-state index contributed by atoms with van der Waals surface area (Å²) < 4.78 is 0. The molecule has 26 nitrogen and oxygen atoms in total. The maximum absolute atomic E-state index is 14.5. The van der Waals surface area contributed by atoms with Crippen molar-refractivity contribution in [3.8, 4) is 0 Å². The fourth-order valence-electron chi connectivity index (χ4n) is 7.85. The van der Waals surface area contributed by atoms with Crippen LogP contribution in [0.5, 0.6) is 0 Å². The van der Waals surface area contributed by atoms with Gasteiger partial charge in [0.05, 0.1) is 18.4 Å². The second-order valence-corrected chi connectivity index (χ2v) is 20.7. The Morgan fingerprint density at radius 3 is 1.50 bits per heavy atom.